The van der Waals surface area contributed by atoms with Crippen molar-refractivity contribution in [2.75, 3.05) is 12.4 Å². The van der Waals surface area contributed by atoms with Crippen LogP contribution in [0.1, 0.15) is 21.6 Å². The van der Waals surface area contributed by atoms with E-state index < -0.39 is 11.5 Å². The van der Waals surface area contributed by atoms with Crippen molar-refractivity contribution >= 4 is 22.6 Å². The first-order chi connectivity index (χ1) is 20.5. The Bertz CT molecular complexity index is 1930. The average Bonchev–Trinajstić information content (AvgIpc) is 3.27. The van der Waals surface area contributed by atoms with E-state index in [0.29, 0.717) is 35.2 Å². The van der Waals surface area contributed by atoms with E-state index in [1.807, 2.05) is 83.5 Å². The van der Waals surface area contributed by atoms with Crippen LogP contribution in [0.5, 0.6) is 17.2 Å². The summed E-state index contributed by atoms with van der Waals surface area (Å²) in [6.07, 6.45) is 3.18. The standard InChI is InChI=1S/C33H27N5O4/c1-22-31(33(40)38(24-11-7-4-8-12-24)37(22)21-23-9-5-3-6-10-23)32(39)36-30-16-14-26(20-35-30)42-29-17-18-34-28-19-25(41-2)13-15-27(28)29/h3-20H,21H2,1-2H3,(H,35,36,39). The van der Waals surface area contributed by atoms with E-state index in [9.17, 15) is 9.59 Å². The Morgan fingerprint density at radius 3 is 2.33 bits per heavy atom. The summed E-state index contributed by atoms with van der Waals surface area (Å²) in [6, 6.07) is 29.7. The Morgan fingerprint density at radius 2 is 1.62 bits per heavy atom. The van der Waals surface area contributed by atoms with Crippen LogP contribution in [0, 0.1) is 6.92 Å². The number of amides is 1. The van der Waals surface area contributed by atoms with Gasteiger partial charge in [0.25, 0.3) is 11.5 Å². The zero-order chi connectivity index (χ0) is 29.1. The summed E-state index contributed by atoms with van der Waals surface area (Å²) in [5, 5.41) is 3.59. The Kier molecular flexibility index (Phi) is 7.21. The molecule has 1 N–H and O–H groups in total. The number of ether oxygens (including phenoxy) is 2. The molecule has 0 unspecified atom stereocenters. The van der Waals surface area contributed by atoms with Crippen LogP contribution in [0.4, 0.5) is 5.82 Å². The van der Waals surface area contributed by atoms with Crippen LogP contribution in [0.3, 0.4) is 0 Å². The van der Waals surface area contributed by atoms with Gasteiger partial charge in [0.15, 0.2) is 0 Å². The molecule has 42 heavy (non-hydrogen) atoms. The molecule has 1 amide bonds. The van der Waals surface area contributed by atoms with Crippen LogP contribution in [-0.4, -0.2) is 32.3 Å². The van der Waals surface area contributed by atoms with Crippen LogP contribution >= 0.6 is 0 Å². The SMILES string of the molecule is COc1ccc2c(Oc3ccc(NC(=O)c4c(C)n(Cc5ccccc5)n(-c5ccccc5)c4=O)nc3)ccnc2c1. The van der Waals surface area contributed by atoms with Gasteiger partial charge in [0.05, 0.1) is 36.7 Å². The fourth-order valence-electron chi connectivity index (χ4n) is 4.82. The van der Waals surface area contributed by atoms with Crippen LogP contribution < -0.4 is 20.3 Å². The Balaban J connectivity index is 1.26. The second-order valence-corrected chi connectivity index (χ2v) is 9.58. The van der Waals surface area contributed by atoms with Crippen LogP contribution in [0.2, 0.25) is 0 Å². The molecule has 9 nitrogen and oxygen atoms in total. The molecule has 0 saturated heterocycles. The molecule has 0 aliphatic carbocycles. The molecule has 0 atom stereocenters. The summed E-state index contributed by atoms with van der Waals surface area (Å²) in [4.78, 5) is 35.9. The first-order valence-electron chi connectivity index (χ1n) is 13.3. The number of para-hydroxylation sites is 1. The number of hydrogen-bond acceptors (Lipinski definition) is 6. The van der Waals surface area contributed by atoms with E-state index in [4.69, 9.17) is 9.47 Å². The quantitative estimate of drug-likeness (QED) is 0.247. The lowest BCUT2D eigenvalue weighted by molar-refractivity contribution is 0.102. The van der Waals surface area contributed by atoms with Gasteiger partial charge in [-0.05, 0) is 55.0 Å². The smallest absolute Gasteiger partial charge is 0.284 e. The first-order valence-corrected chi connectivity index (χ1v) is 13.3. The highest BCUT2D eigenvalue weighted by Gasteiger charge is 2.24. The maximum atomic E-state index is 13.7. The van der Waals surface area contributed by atoms with Crippen molar-refractivity contribution in [3.63, 3.8) is 0 Å². The molecule has 0 radical (unpaired) electrons. The molecule has 6 rings (SSSR count). The zero-order valence-electron chi connectivity index (χ0n) is 23.0. The molecule has 3 aromatic heterocycles. The summed E-state index contributed by atoms with van der Waals surface area (Å²) < 4.78 is 14.7. The molecule has 0 aliphatic heterocycles. The lowest BCUT2D eigenvalue weighted by Crippen LogP contribution is -2.26. The molecular formula is C33H27N5O4. The predicted octanol–water partition coefficient (Wildman–Crippen LogP) is 5.99. The molecule has 0 spiro atoms. The maximum absolute atomic E-state index is 13.7. The van der Waals surface area contributed by atoms with E-state index in [-0.39, 0.29) is 11.4 Å². The van der Waals surface area contributed by atoms with Crippen LogP contribution in [0.15, 0.2) is 114 Å². The van der Waals surface area contributed by atoms with Gasteiger partial charge in [-0.15, -0.1) is 0 Å². The molecule has 3 heterocycles. The highest BCUT2D eigenvalue weighted by molar-refractivity contribution is 6.04. The monoisotopic (exact) mass is 557 g/mol. The van der Waals surface area contributed by atoms with Gasteiger partial charge < -0.3 is 14.8 Å². The van der Waals surface area contributed by atoms with Crippen molar-refractivity contribution < 1.29 is 14.3 Å². The van der Waals surface area contributed by atoms with E-state index >= 15 is 0 Å². The fourth-order valence-corrected chi connectivity index (χ4v) is 4.82. The normalized spacial score (nSPS) is 10.9. The Labute approximate surface area is 241 Å². The van der Waals surface area contributed by atoms with Gasteiger partial charge in [-0.2, -0.15) is 0 Å². The summed E-state index contributed by atoms with van der Waals surface area (Å²) >= 11 is 0. The van der Waals surface area contributed by atoms with Crippen molar-refractivity contribution in [1.82, 2.24) is 19.3 Å². The number of benzene rings is 3. The van der Waals surface area contributed by atoms with Crippen LogP contribution in [0.25, 0.3) is 16.6 Å². The van der Waals surface area contributed by atoms with Gasteiger partial charge >= 0.3 is 0 Å². The molecule has 208 valence electrons. The van der Waals surface area contributed by atoms with Crippen molar-refractivity contribution in [3.8, 4) is 22.9 Å². The lowest BCUT2D eigenvalue weighted by atomic mass is 10.2. The molecule has 0 aliphatic rings. The number of hydrogen-bond donors (Lipinski definition) is 1. The number of pyridine rings is 2. The molecule has 0 fully saturated rings. The zero-order valence-corrected chi connectivity index (χ0v) is 23.0. The summed E-state index contributed by atoms with van der Waals surface area (Å²) in [6.45, 7) is 2.20. The third-order valence-corrected chi connectivity index (χ3v) is 6.92. The van der Waals surface area contributed by atoms with Gasteiger partial charge in [-0.25, -0.2) is 9.67 Å². The van der Waals surface area contributed by atoms with E-state index in [1.165, 1.54) is 10.9 Å². The second kappa shape index (κ2) is 11.4. The Hall–Kier alpha value is -5.70. The van der Waals surface area contributed by atoms with Gasteiger partial charge in [0.2, 0.25) is 0 Å². The maximum Gasteiger partial charge on any atom is 0.284 e. The number of anilines is 1. The minimum Gasteiger partial charge on any atom is -0.497 e. The van der Waals surface area contributed by atoms with E-state index in [1.54, 1.807) is 38.4 Å². The van der Waals surface area contributed by atoms with Crippen molar-refractivity contribution in [2.24, 2.45) is 0 Å². The van der Waals surface area contributed by atoms with Gasteiger partial charge in [0, 0.05) is 17.6 Å². The highest BCUT2D eigenvalue weighted by Crippen LogP contribution is 2.30. The Morgan fingerprint density at radius 1 is 0.881 bits per heavy atom. The molecule has 6 aromatic rings. The fraction of sp³-hybridized carbons (Fsp3) is 0.0909. The van der Waals surface area contributed by atoms with E-state index in [0.717, 1.165) is 16.5 Å². The van der Waals surface area contributed by atoms with Crippen molar-refractivity contribution in [2.45, 2.75) is 13.5 Å². The van der Waals surface area contributed by atoms with Crippen LogP contribution in [-0.2, 0) is 6.54 Å². The minimum atomic E-state index is -0.538. The summed E-state index contributed by atoms with van der Waals surface area (Å²) in [5.74, 6) is 1.54. The summed E-state index contributed by atoms with van der Waals surface area (Å²) in [5.41, 5.74) is 2.60. The second-order valence-electron chi connectivity index (χ2n) is 9.58. The predicted molar refractivity (Wildman–Crippen MR) is 161 cm³/mol. The number of nitrogens with one attached hydrogen (secondary N) is 1. The van der Waals surface area contributed by atoms with Crippen molar-refractivity contribution in [1.29, 1.82) is 0 Å². The third-order valence-electron chi connectivity index (χ3n) is 6.92. The van der Waals surface area contributed by atoms with Gasteiger partial charge in [0.1, 0.15) is 28.6 Å². The molecule has 0 saturated carbocycles. The third kappa shape index (κ3) is 5.23. The van der Waals surface area contributed by atoms with E-state index in [2.05, 4.69) is 15.3 Å². The minimum absolute atomic E-state index is 0.0515. The van der Waals surface area contributed by atoms with Crippen molar-refractivity contribution in [3.05, 3.63) is 137 Å². The molecular weight excluding hydrogens is 530 g/mol. The average molecular weight is 558 g/mol. The molecule has 0 bridgehead atoms. The highest BCUT2D eigenvalue weighted by atomic mass is 16.5. The number of methoxy groups -OCH3 is 1. The number of rotatable bonds is 8. The van der Waals surface area contributed by atoms with Gasteiger partial charge in [-0.1, -0.05) is 48.5 Å². The number of carbonyl (C=O) groups excluding carboxylic acids is 1. The molecule has 3 aromatic carbocycles. The number of fused-ring (bicyclic) bond motifs is 1. The number of aromatic nitrogens is 4. The summed E-state index contributed by atoms with van der Waals surface area (Å²) in [7, 11) is 1.61. The number of nitrogens with zero attached hydrogens (tertiary/aromatic N) is 4. The first kappa shape index (κ1) is 26.5. The lowest BCUT2D eigenvalue weighted by Gasteiger charge is -2.14. The molecule has 9 heteroatoms. The topological polar surface area (TPSA) is 100 Å². The number of carbonyl (C=O) groups is 1. The van der Waals surface area contributed by atoms with Gasteiger partial charge in [-0.3, -0.25) is 19.3 Å². The largest absolute Gasteiger partial charge is 0.497 e.